The number of benzene rings is 2. The fourth-order valence-electron chi connectivity index (χ4n) is 3.48. The van der Waals surface area contributed by atoms with Gasteiger partial charge in [0.25, 0.3) is 5.91 Å². The standard InChI is InChI=1S/C21H20ClN3O4/c1-2-21(15-7-4-3-5-8-15)19(26)25(20(27)24-21)23-13-14-11-16(22)18-17(12-14)28-9-6-10-29-18/h3-5,7-8,11-13H,2,6,9-10H2,1H3,(H,24,27)/b23-13-/t21-/m0/s1. The molecule has 0 saturated carbocycles. The van der Waals surface area contributed by atoms with Crippen molar-refractivity contribution in [1.29, 1.82) is 0 Å². The third kappa shape index (κ3) is 3.42. The number of fused-ring (bicyclic) bond motifs is 1. The highest BCUT2D eigenvalue weighted by Gasteiger charge is 2.51. The second kappa shape index (κ2) is 7.75. The zero-order valence-electron chi connectivity index (χ0n) is 15.9. The first-order chi connectivity index (χ1) is 14.0. The van der Waals surface area contributed by atoms with Crippen LogP contribution < -0.4 is 14.8 Å². The molecule has 0 unspecified atom stereocenters. The second-order valence-electron chi connectivity index (χ2n) is 6.80. The Balaban J connectivity index is 1.62. The van der Waals surface area contributed by atoms with Crippen molar-refractivity contribution in [2.45, 2.75) is 25.3 Å². The van der Waals surface area contributed by atoms with E-state index in [0.29, 0.717) is 41.7 Å². The number of hydrazone groups is 1. The first-order valence-electron chi connectivity index (χ1n) is 9.40. The Hall–Kier alpha value is -3.06. The SMILES string of the molecule is CC[C@@]1(c2ccccc2)NC(=O)N(/N=C\c2cc(Cl)c3c(c2)OCCCO3)C1=O. The molecule has 150 valence electrons. The quantitative estimate of drug-likeness (QED) is 0.612. The van der Waals surface area contributed by atoms with Gasteiger partial charge in [0.05, 0.1) is 24.5 Å². The van der Waals surface area contributed by atoms with E-state index < -0.39 is 17.5 Å². The van der Waals surface area contributed by atoms with Gasteiger partial charge in [-0.2, -0.15) is 5.10 Å². The topological polar surface area (TPSA) is 80.2 Å². The number of hydrogen-bond donors (Lipinski definition) is 1. The summed E-state index contributed by atoms with van der Waals surface area (Å²) < 4.78 is 11.3. The van der Waals surface area contributed by atoms with Crippen LogP contribution in [0.2, 0.25) is 5.02 Å². The fraction of sp³-hybridized carbons (Fsp3) is 0.286. The van der Waals surface area contributed by atoms with Gasteiger partial charge in [0.15, 0.2) is 11.5 Å². The lowest BCUT2D eigenvalue weighted by atomic mass is 9.87. The summed E-state index contributed by atoms with van der Waals surface area (Å²) in [5.74, 6) is 0.583. The molecule has 7 nitrogen and oxygen atoms in total. The van der Waals surface area contributed by atoms with Crippen molar-refractivity contribution in [3.8, 4) is 11.5 Å². The molecule has 0 spiro atoms. The van der Waals surface area contributed by atoms with Crippen LogP contribution in [0.3, 0.4) is 0 Å². The van der Waals surface area contributed by atoms with E-state index in [1.807, 2.05) is 37.3 Å². The molecule has 8 heteroatoms. The van der Waals surface area contributed by atoms with Crippen LogP contribution in [0.15, 0.2) is 47.6 Å². The van der Waals surface area contributed by atoms with E-state index in [1.165, 1.54) is 6.21 Å². The van der Waals surface area contributed by atoms with E-state index in [-0.39, 0.29) is 0 Å². The first kappa shape index (κ1) is 19.3. The number of carbonyl (C=O) groups is 2. The summed E-state index contributed by atoms with van der Waals surface area (Å²) in [6.07, 6.45) is 2.58. The Morgan fingerprint density at radius 3 is 2.72 bits per heavy atom. The lowest BCUT2D eigenvalue weighted by Gasteiger charge is -2.24. The molecule has 2 aliphatic rings. The molecule has 2 aromatic carbocycles. The molecule has 0 radical (unpaired) electrons. The van der Waals surface area contributed by atoms with E-state index in [4.69, 9.17) is 21.1 Å². The summed E-state index contributed by atoms with van der Waals surface area (Å²) in [7, 11) is 0. The van der Waals surface area contributed by atoms with Gasteiger partial charge < -0.3 is 14.8 Å². The molecule has 2 heterocycles. The number of urea groups is 1. The molecule has 0 bridgehead atoms. The predicted molar refractivity (Wildman–Crippen MR) is 108 cm³/mol. The molecule has 1 atom stereocenters. The molecule has 1 N–H and O–H groups in total. The average molecular weight is 414 g/mol. The van der Waals surface area contributed by atoms with Crippen LogP contribution in [0.25, 0.3) is 0 Å². The maximum Gasteiger partial charge on any atom is 0.346 e. The van der Waals surface area contributed by atoms with Gasteiger partial charge in [0.1, 0.15) is 5.54 Å². The Bertz CT molecular complexity index is 979. The molecular formula is C21H20ClN3O4. The van der Waals surface area contributed by atoms with E-state index in [1.54, 1.807) is 12.1 Å². The van der Waals surface area contributed by atoms with Crippen LogP contribution >= 0.6 is 11.6 Å². The fourth-order valence-corrected chi connectivity index (χ4v) is 3.75. The highest BCUT2D eigenvalue weighted by atomic mass is 35.5. The smallest absolute Gasteiger partial charge is 0.346 e. The molecule has 4 rings (SSSR count). The van der Waals surface area contributed by atoms with Gasteiger partial charge in [-0.05, 0) is 29.7 Å². The van der Waals surface area contributed by atoms with Gasteiger partial charge in [-0.25, -0.2) is 4.79 Å². The molecule has 1 saturated heterocycles. The number of carbonyl (C=O) groups excluding carboxylic acids is 2. The van der Waals surface area contributed by atoms with Gasteiger partial charge in [-0.3, -0.25) is 4.79 Å². The van der Waals surface area contributed by atoms with Crippen LogP contribution in [0.4, 0.5) is 4.79 Å². The van der Waals surface area contributed by atoms with Crippen LogP contribution in [0, 0.1) is 0 Å². The van der Waals surface area contributed by atoms with Crippen molar-refractivity contribution in [2.24, 2.45) is 5.10 Å². The van der Waals surface area contributed by atoms with Gasteiger partial charge in [0.2, 0.25) is 0 Å². The van der Waals surface area contributed by atoms with Gasteiger partial charge in [-0.15, -0.1) is 5.01 Å². The lowest BCUT2D eigenvalue weighted by Crippen LogP contribution is -2.43. The lowest BCUT2D eigenvalue weighted by molar-refractivity contribution is -0.131. The van der Waals surface area contributed by atoms with Crippen LogP contribution in [0.1, 0.15) is 30.9 Å². The number of rotatable bonds is 4. The Morgan fingerprint density at radius 1 is 1.21 bits per heavy atom. The van der Waals surface area contributed by atoms with Gasteiger partial charge in [-0.1, -0.05) is 48.9 Å². The predicted octanol–water partition coefficient (Wildman–Crippen LogP) is 3.69. The summed E-state index contributed by atoms with van der Waals surface area (Å²) in [4.78, 5) is 25.6. The van der Waals surface area contributed by atoms with Crippen molar-refractivity contribution in [3.63, 3.8) is 0 Å². The van der Waals surface area contributed by atoms with Gasteiger partial charge in [0, 0.05) is 6.42 Å². The minimum absolute atomic E-state index is 0.384. The number of imide groups is 1. The Morgan fingerprint density at radius 2 is 1.97 bits per heavy atom. The van der Waals surface area contributed by atoms with Crippen LogP contribution in [-0.4, -0.2) is 36.4 Å². The van der Waals surface area contributed by atoms with Crippen molar-refractivity contribution in [3.05, 3.63) is 58.6 Å². The summed E-state index contributed by atoms with van der Waals surface area (Å²) in [5, 5.41) is 8.16. The molecule has 1 fully saturated rings. The number of hydrogen-bond acceptors (Lipinski definition) is 5. The molecular weight excluding hydrogens is 394 g/mol. The minimum atomic E-state index is -1.13. The van der Waals surface area contributed by atoms with Crippen LogP contribution in [-0.2, 0) is 10.3 Å². The number of ether oxygens (including phenoxy) is 2. The highest BCUT2D eigenvalue weighted by Crippen LogP contribution is 2.38. The largest absolute Gasteiger partial charge is 0.489 e. The van der Waals surface area contributed by atoms with E-state index in [9.17, 15) is 9.59 Å². The molecule has 0 aromatic heterocycles. The number of nitrogens with one attached hydrogen (secondary N) is 1. The summed E-state index contributed by atoms with van der Waals surface area (Å²) in [6, 6.07) is 12.0. The molecule has 29 heavy (non-hydrogen) atoms. The van der Waals surface area contributed by atoms with Gasteiger partial charge >= 0.3 is 6.03 Å². The van der Waals surface area contributed by atoms with Crippen molar-refractivity contribution >= 4 is 29.8 Å². The Kier molecular flexibility index (Phi) is 5.15. The van der Waals surface area contributed by atoms with Crippen molar-refractivity contribution in [2.75, 3.05) is 13.2 Å². The van der Waals surface area contributed by atoms with Crippen molar-refractivity contribution < 1.29 is 19.1 Å². The number of halogens is 1. The molecule has 2 aromatic rings. The zero-order chi connectivity index (χ0) is 20.4. The second-order valence-corrected chi connectivity index (χ2v) is 7.20. The molecule has 0 aliphatic carbocycles. The van der Waals surface area contributed by atoms with E-state index >= 15 is 0 Å². The first-order valence-corrected chi connectivity index (χ1v) is 9.78. The normalized spacial score (nSPS) is 21.4. The maximum absolute atomic E-state index is 13.1. The third-order valence-corrected chi connectivity index (χ3v) is 5.29. The highest BCUT2D eigenvalue weighted by molar-refractivity contribution is 6.32. The molecule has 3 amide bonds. The van der Waals surface area contributed by atoms with E-state index in [0.717, 1.165) is 17.0 Å². The monoisotopic (exact) mass is 413 g/mol. The van der Waals surface area contributed by atoms with E-state index in [2.05, 4.69) is 10.4 Å². The zero-order valence-corrected chi connectivity index (χ0v) is 16.6. The number of nitrogens with zero attached hydrogens (tertiary/aromatic N) is 2. The van der Waals surface area contributed by atoms with Crippen LogP contribution in [0.5, 0.6) is 11.5 Å². The average Bonchev–Trinajstić information content (AvgIpc) is 2.88. The Labute approximate surface area is 173 Å². The maximum atomic E-state index is 13.1. The molecule has 2 aliphatic heterocycles. The third-order valence-electron chi connectivity index (χ3n) is 5.01. The minimum Gasteiger partial charge on any atom is -0.489 e. The summed E-state index contributed by atoms with van der Waals surface area (Å²) in [6.45, 7) is 2.90. The summed E-state index contributed by atoms with van der Waals surface area (Å²) >= 11 is 6.29. The van der Waals surface area contributed by atoms with Crippen molar-refractivity contribution in [1.82, 2.24) is 10.3 Å². The summed E-state index contributed by atoms with van der Waals surface area (Å²) in [5.41, 5.74) is 0.184. The number of amides is 3.